The number of piperazine rings is 1. The van der Waals surface area contributed by atoms with Gasteiger partial charge in [0.15, 0.2) is 0 Å². The molecule has 0 radical (unpaired) electrons. The Hall–Kier alpha value is -1.21. The third-order valence-electron chi connectivity index (χ3n) is 3.95. The van der Waals surface area contributed by atoms with E-state index < -0.39 is 0 Å². The average molecular weight is 394 g/mol. The second-order valence-corrected chi connectivity index (χ2v) is 7.43. The van der Waals surface area contributed by atoms with Gasteiger partial charge in [0.1, 0.15) is 0 Å². The molecule has 1 aliphatic rings. The highest BCUT2D eigenvalue weighted by molar-refractivity contribution is 9.10. The molecule has 23 heavy (non-hydrogen) atoms. The largest absolute Gasteiger partial charge is 0.325 e. The quantitative estimate of drug-likeness (QED) is 0.846. The van der Waals surface area contributed by atoms with Crippen LogP contribution in [0.1, 0.15) is 5.56 Å². The SMILES string of the molecule is O=C(CN1CCN(Cc2ccsc2)CC1)Nc1ccc(Br)cc1. The van der Waals surface area contributed by atoms with Crippen molar-refractivity contribution in [2.45, 2.75) is 6.54 Å². The minimum atomic E-state index is 0.0543. The molecule has 3 rings (SSSR count). The first-order chi connectivity index (χ1) is 11.2. The molecule has 0 spiro atoms. The molecule has 0 saturated carbocycles. The summed E-state index contributed by atoms with van der Waals surface area (Å²) in [6.45, 7) is 5.39. The average Bonchev–Trinajstić information content (AvgIpc) is 3.04. The zero-order chi connectivity index (χ0) is 16.1. The van der Waals surface area contributed by atoms with Crippen molar-refractivity contribution in [3.63, 3.8) is 0 Å². The van der Waals surface area contributed by atoms with Crippen LogP contribution in [0, 0.1) is 0 Å². The van der Waals surface area contributed by atoms with Crippen LogP contribution in [-0.2, 0) is 11.3 Å². The summed E-state index contributed by atoms with van der Waals surface area (Å²) in [4.78, 5) is 16.8. The van der Waals surface area contributed by atoms with E-state index in [9.17, 15) is 4.79 Å². The molecule has 0 bridgehead atoms. The van der Waals surface area contributed by atoms with Gasteiger partial charge in [-0.1, -0.05) is 15.9 Å². The number of nitrogens with one attached hydrogen (secondary N) is 1. The number of carbonyl (C=O) groups excluding carboxylic acids is 1. The molecule has 2 aromatic rings. The molecule has 1 amide bonds. The van der Waals surface area contributed by atoms with Crippen LogP contribution in [0.4, 0.5) is 5.69 Å². The molecule has 1 aromatic heterocycles. The molecular weight excluding hydrogens is 374 g/mol. The number of thiophene rings is 1. The van der Waals surface area contributed by atoms with Crippen LogP contribution in [0.25, 0.3) is 0 Å². The van der Waals surface area contributed by atoms with Crippen molar-refractivity contribution >= 4 is 38.9 Å². The van der Waals surface area contributed by atoms with Crippen molar-refractivity contribution in [3.8, 4) is 0 Å². The predicted molar refractivity (Wildman–Crippen MR) is 98.8 cm³/mol. The van der Waals surface area contributed by atoms with E-state index in [4.69, 9.17) is 0 Å². The van der Waals surface area contributed by atoms with Crippen molar-refractivity contribution in [1.29, 1.82) is 0 Å². The van der Waals surface area contributed by atoms with E-state index in [-0.39, 0.29) is 5.91 Å². The molecule has 4 nitrogen and oxygen atoms in total. The highest BCUT2D eigenvalue weighted by atomic mass is 79.9. The van der Waals surface area contributed by atoms with Crippen molar-refractivity contribution in [2.24, 2.45) is 0 Å². The minimum absolute atomic E-state index is 0.0543. The van der Waals surface area contributed by atoms with E-state index in [0.29, 0.717) is 6.54 Å². The summed E-state index contributed by atoms with van der Waals surface area (Å²) in [5.41, 5.74) is 2.23. The first-order valence-corrected chi connectivity index (χ1v) is 9.44. The van der Waals surface area contributed by atoms with Crippen LogP contribution < -0.4 is 5.32 Å². The Balaban J connectivity index is 1.41. The summed E-state index contributed by atoms with van der Waals surface area (Å²) in [6, 6.07) is 9.85. The summed E-state index contributed by atoms with van der Waals surface area (Å²) in [6.07, 6.45) is 0. The van der Waals surface area contributed by atoms with Gasteiger partial charge in [-0.05, 0) is 46.7 Å². The third kappa shape index (κ3) is 5.14. The van der Waals surface area contributed by atoms with E-state index >= 15 is 0 Å². The monoisotopic (exact) mass is 393 g/mol. The fourth-order valence-corrected chi connectivity index (χ4v) is 3.61. The fraction of sp³-hybridized carbons (Fsp3) is 0.353. The number of carbonyl (C=O) groups is 1. The van der Waals surface area contributed by atoms with E-state index in [2.05, 4.69) is 47.9 Å². The van der Waals surface area contributed by atoms with Crippen LogP contribution in [0.5, 0.6) is 0 Å². The number of amides is 1. The van der Waals surface area contributed by atoms with Gasteiger partial charge in [0.2, 0.25) is 5.91 Å². The first kappa shape index (κ1) is 16.6. The van der Waals surface area contributed by atoms with E-state index in [1.165, 1.54) is 5.56 Å². The number of rotatable bonds is 5. The summed E-state index contributed by atoms with van der Waals surface area (Å²) < 4.78 is 1.01. The van der Waals surface area contributed by atoms with Crippen LogP contribution in [0.2, 0.25) is 0 Å². The van der Waals surface area contributed by atoms with Gasteiger partial charge in [0.25, 0.3) is 0 Å². The second kappa shape index (κ2) is 8.06. The molecule has 0 atom stereocenters. The third-order valence-corrected chi connectivity index (χ3v) is 5.21. The minimum Gasteiger partial charge on any atom is -0.325 e. The summed E-state index contributed by atoms with van der Waals surface area (Å²) in [5.74, 6) is 0.0543. The maximum atomic E-state index is 12.1. The predicted octanol–water partition coefficient (Wildman–Crippen LogP) is 3.27. The van der Waals surface area contributed by atoms with Crippen LogP contribution in [0.15, 0.2) is 45.6 Å². The van der Waals surface area contributed by atoms with Gasteiger partial charge < -0.3 is 5.32 Å². The van der Waals surface area contributed by atoms with Gasteiger partial charge >= 0.3 is 0 Å². The zero-order valence-electron chi connectivity index (χ0n) is 12.9. The number of halogens is 1. The molecular formula is C17H20BrN3OS. The van der Waals surface area contributed by atoms with E-state index in [0.717, 1.165) is 42.9 Å². The van der Waals surface area contributed by atoms with Gasteiger partial charge in [0.05, 0.1) is 6.54 Å². The number of benzene rings is 1. The Morgan fingerprint density at radius 2 is 1.78 bits per heavy atom. The Labute approximate surface area is 149 Å². The summed E-state index contributed by atoms with van der Waals surface area (Å²) in [5, 5.41) is 7.28. The summed E-state index contributed by atoms with van der Waals surface area (Å²) >= 11 is 5.14. The zero-order valence-corrected chi connectivity index (χ0v) is 15.3. The summed E-state index contributed by atoms with van der Waals surface area (Å²) in [7, 11) is 0. The Morgan fingerprint density at radius 3 is 2.43 bits per heavy atom. The maximum Gasteiger partial charge on any atom is 0.238 e. The van der Waals surface area contributed by atoms with Crippen molar-refractivity contribution in [3.05, 3.63) is 51.1 Å². The fourth-order valence-electron chi connectivity index (χ4n) is 2.68. The Bertz CT molecular complexity index is 622. The molecule has 1 saturated heterocycles. The number of hydrogen-bond donors (Lipinski definition) is 1. The first-order valence-electron chi connectivity index (χ1n) is 7.70. The van der Waals surface area contributed by atoms with Gasteiger partial charge in [-0.3, -0.25) is 14.6 Å². The highest BCUT2D eigenvalue weighted by Crippen LogP contribution is 2.14. The molecule has 1 aliphatic heterocycles. The lowest BCUT2D eigenvalue weighted by atomic mass is 10.2. The Morgan fingerprint density at radius 1 is 1.09 bits per heavy atom. The van der Waals surface area contributed by atoms with E-state index in [1.807, 2.05) is 24.3 Å². The Kier molecular flexibility index (Phi) is 5.83. The van der Waals surface area contributed by atoms with Gasteiger partial charge in [-0.2, -0.15) is 11.3 Å². The number of anilines is 1. The lowest BCUT2D eigenvalue weighted by molar-refractivity contribution is -0.117. The lowest BCUT2D eigenvalue weighted by Gasteiger charge is -2.34. The second-order valence-electron chi connectivity index (χ2n) is 5.74. The van der Waals surface area contributed by atoms with Crippen LogP contribution in [-0.4, -0.2) is 48.4 Å². The van der Waals surface area contributed by atoms with Gasteiger partial charge in [-0.15, -0.1) is 0 Å². The molecule has 0 aliphatic carbocycles. The standard InChI is InChI=1S/C17H20BrN3OS/c18-15-1-3-16(4-2-15)19-17(22)12-21-8-6-20(7-9-21)11-14-5-10-23-13-14/h1-5,10,13H,6-9,11-12H2,(H,19,22). The van der Waals surface area contributed by atoms with Crippen LogP contribution >= 0.6 is 27.3 Å². The molecule has 1 N–H and O–H groups in total. The van der Waals surface area contributed by atoms with E-state index in [1.54, 1.807) is 11.3 Å². The molecule has 122 valence electrons. The van der Waals surface area contributed by atoms with Crippen molar-refractivity contribution < 1.29 is 4.79 Å². The topological polar surface area (TPSA) is 35.6 Å². The van der Waals surface area contributed by atoms with Crippen molar-refractivity contribution in [1.82, 2.24) is 9.80 Å². The van der Waals surface area contributed by atoms with Crippen molar-refractivity contribution in [2.75, 3.05) is 38.0 Å². The van der Waals surface area contributed by atoms with Gasteiger partial charge in [-0.25, -0.2) is 0 Å². The molecule has 1 fully saturated rings. The molecule has 1 aromatic carbocycles. The number of hydrogen-bond acceptors (Lipinski definition) is 4. The maximum absolute atomic E-state index is 12.1. The van der Waals surface area contributed by atoms with Crippen LogP contribution in [0.3, 0.4) is 0 Å². The molecule has 2 heterocycles. The molecule has 0 unspecified atom stereocenters. The van der Waals surface area contributed by atoms with Gasteiger partial charge in [0, 0.05) is 42.9 Å². The lowest BCUT2D eigenvalue weighted by Crippen LogP contribution is -2.48. The normalized spacial score (nSPS) is 16.4. The number of nitrogens with zero attached hydrogens (tertiary/aromatic N) is 2. The smallest absolute Gasteiger partial charge is 0.238 e. The highest BCUT2D eigenvalue weighted by Gasteiger charge is 2.19. The molecule has 6 heteroatoms.